The maximum atomic E-state index is 5.88. The van der Waals surface area contributed by atoms with Gasteiger partial charge in [0.1, 0.15) is 0 Å². The summed E-state index contributed by atoms with van der Waals surface area (Å²) >= 11 is 0. The number of hydrogen-bond acceptors (Lipinski definition) is 3. The van der Waals surface area contributed by atoms with E-state index in [4.69, 9.17) is 9.47 Å². The fourth-order valence-corrected chi connectivity index (χ4v) is 1.81. The van der Waals surface area contributed by atoms with Crippen molar-refractivity contribution in [1.29, 1.82) is 0 Å². The molecule has 0 amide bonds. The van der Waals surface area contributed by atoms with Gasteiger partial charge in [-0.15, -0.1) is 0 Å². The molecule has 1 fully saturated rings. The van der Waals surface area contributed by atoms with Crippen molar-refractivity contribution >= 4 is 0 Å². The molecule has 0 aliphatic carbocycles. The minimum Gasteiger partial charge on any atom is -0.381 e. The van der Waals surface area contributed by atoms with E-state index in [9.17, 15) is 0 Å². The normalized spacial score (nSPS) is 21.4. The molecule has 3 nitrogen and oxygen atoms in total. The second kappa shape index (κ2) is 5.69. The third-order valence-electron chi connectivity index (χ3n) is 2.69. The summed E-state index contributed by atoms with van der Waals surface area (Å²) in [5, 5.41) is 3.46. The molecule has 0 saturated carbocycles. The lowest BCUT2D eigenvalue weighted by Gasteiger charge is -2.37. The molecule has 14 heavy (non-hydrogen) atoms. The molecule has 1 rings (SSSR count). The van der Waals surface area contributed by atoms with E-state index in [2.05, 4.69) is 26.1 Å². The molecule has 0 aromatic heterocycles. The quantitative estimate of drug-likeness (QED) is 0.732. The predicted octanol–water partition coefficient (Wildman–Crippen LogP) is 1.57. The van der Waals surface area contributed by atoms with Crippen LogP contribution in [0.5, 0.6) is 0 Å². The van der Waals surface area contributed by atoms with Gasteiger partial charge in [-0.1, -0.05) is 13.8 Å². The summed E-state index contributed by atoms with van der Waals surface area (Å²) in [5.74, 6) is 0. The average molecular weight is 201 g/mol. The van der Waals surface area contributed by atoms with E-state index >= 15 is 0 Å². The van der Waals surface area contributed by atoms with Crippen molar-refractivity contribution in [2.75, 3.05) is 26.4 Å². The van der Waals surface area contributed by atoms with Crippen molar-refractivity contribution in [2.45, 2.75) is 45.3 Å². The van der Waals surface area contributed by atoms with Crippen LogP contribution >= 0.6 is 0 Å². The number of hydrogen-bond donors (Lipinski definition) is 1. The van der Waals surface area contributed by atoms with Crippen LogP contribution < -0.4 is 5.32 Å². The van der Waals surface area contributed by atoms with E-state index in [1.165, 1.54) is 0 Å². The third kappa shape index (κ3) is 3.56. The van der Waals surface area contributed by atoms with Crippen LogP contribution in [0.2, 0.25) is 0 Å². The molecule has 1 aliphatic heterocycles. The van der Waals surface area contributed by atoms with Crippen molar-refractivity contribution < 1.29 is 9.47 Å². The summed E-state index contributed by atoms with van der Waals surface area (Å²) in [6.45, 7) is 9.80. The van der Waals surface area contributed by atoms with Crippen LogP contribution in [0.15, 0.2) is 0 Å². The highest BCUT2D eigenvalue weighted by atomic mass is 16.5. The first-order valence-corrected chi connectivity index (χ1v) is 5.63. The lowest BCUT2D eigenvalue weighted by Crippen LogP contribution is -2.48. The molecule has 1 saturated heterocycles. The first-order valence-electron chi connectivity index (χ1n) is 5.63. The van der Waals surface area contributed by atoms with E-state index in [1.807, 2.05) is 0 Å². The van der Waals surface area contributed by atoms with Gasteiger partial charge in [0.15, 0.2) is 0 Å². The van der Waals surface area contributed by atoms with E-state index in [1.54, 1.807) is 0 Å². The van der Waals surface area contributed by atoms with Gasteiger partial charge in [0, 0.05) is 45.2 Å². The maximum Gasteiger partial charge on any atom is 0.0849 e. The van der Waals surface area contributed by atoms with E-state index in [0.717, 1.165) is 39.2 Å². The van der Waals surface area contributed by atoms with E-state index in [0.29, 0.717) is 6.04 Å². The first kappa shape index (κ1) is 12.0. The Hall–Kier alpha value is -0.120. The number of nitrogens with one attached hydrogen (secondary N) is 1. The second-order valence-corrected chi connectivity index (χ2v) is 4.26. The van der Waals surface area contributed by atoms with Gasteiger partial charge in [-0.25, -0.2) is 0 Å². The monoisotopic (exact) mass is 201 g/mol. The molecular weight excluding hydrogens is 178 g/mol. The molecule has 0 radical (unpaired) electrons. The summed E-state index contributed by atoms with van der Waals surface area (Å²) in [7, 11) is 0. The van der Waals surface area contributed by atoms with Gasteiger partial charge in [-0.05, 0) is 6.92 Å². The number of ether oxygens (including phenoxy) is 2. The Balaban J connectivity index is 2.42. The fourth-order valence-electron chi connectivity index (χ4n) is 1.81. The highest BCUT2D eigenvalue weighted by Gasteiger charge is 2.32. The molecule has 84 valence electrons. The van der Waals surface area contributed by atoms with Crippen LogP contribution in [0.3, 0.4) is 0 Å². The van der Waals surface area contributed by atoms with Crippen molar-refractivity contribution in [2.24, 2.45) is 0 Å². The van der Waals surface area contributed by atoms with Gasteiger partial charge in [-0.2, -0.15) is 0 Å². The molecule has 3 heteroatoms. The first-order chi connectivity index (χ1) is 6.68. The van der Waals surface area contributed by atoms with Gasteiger partial charge in [-0.3, -0.25) is 0 Å². The van der Waals surface area contributed by atoms with Crippen LogP contribution in [0.1, 0.15) is 33.6 Å². The van der Waals surface area contributed by atoms with E-state index in [-0.39, 0.29) is 5.60 Å². The molecule has 0 aromatic carbocycles. The molecule has 1 aliphatic rings. The molecule has 1 N–H and O–H groups in total. The van der Waals surface area contributed by atoms with Crippen LogP contribution in [-0.4, -0.2) is 38.0 Å². The zero-order valence-electron chi connectivity index (χ0n) is 9.64. The topological polar surface area (TPSA) is 30.5 Å². The van der Waals surface area contributed by atoms with Gasteiger partial charge in [0.05, 0.1) is 5.60 Å². The van der Waals surface area contributed by atoms with Crippen LogP contribution in [0.4, 0.5) is 0 Å². The van der Waals surface area contributed by atoms with Crippen LogP contribution in [0, 0.1) is 0 Å². The summed E-state index contributed by atoms with van der Waals surface area (Å²) in [4.78, 5) is 0. The standard InChI is InChI=1S/C11H23NO2/c1-4-14-11(9-12-10(2)3)5-7-13-8-6-11/h10,12H,4-9H2,1-3H3. The Morgan fingerprint density at radius 1 is 1.36 bits per heavy atom. The largest absolute Gasteiger partial charge is 0.381 e. The second-order valence-electron chi connectivity index (χ2n) is 4.26. The summed E-state index contributed by atoms with van der Waals surface area (Å²) in [6, 6.07) is 0.523. The summed E-state index contributed by atoms with van der Waals surface area (Å²) in [6.07, 6.45) is 2.03. The minimum atomic E-state index is 0.0251. The average Bonchev–Trinajstić information content (AvgIpc) is 2.17. The molecule has 0 aromatic rings. The summed E-state index contributed by atoms with van der Waals surface area (Å²) in [5.41, 5.74) is 0.0251. The molecule has 0 atom stereocenters. The van der Waals surface area contributed by atoms with Crippen molar-refractivity contribution in [3.63, 3.8) is 0 Å². The molecule has 0 unspecified atom stereocenters. The highest BCUT2D eigenvalue weighted by molar-refractivity contribution is 4.86. The Kier molecular flexibility index (Phi) is 4.85. The maximum absolute atomic E-state index is 5.88. The lowest BCUT2D eigenvalue weighted by atomic mass is 9.93. The highest BCUT2D eigenvalue weighted by Crippen LogP contribution is 2.24. The zero-order chi connectivity index (χ0) is 10.4. The Morgan fingerprint density at radius 3 is 2.50 bits per heavy atom. The number of rotatable bonds is 5. The summed E-state index contributed by atoms with van der Waals surface area (Å²) < 4.78 is 11.2. The van der Waals surface area contributed by atoms with Gasteiger partial charge < -0.3 is 14.8 Å². The SMILES string of the molecule is CCOC1(CNC(C)C)CCOCC1. The predicted molar refractivity (Wildman–Crippen MR) is 57.5 cm³/mol. The third-order valence-corrected chi connectivity index (χ3v) is 2.69. The van der Waals surface area contributed by atoms with Gasteiger partial charge in [0.25, 0.3) is 0 Å². The molecule has 0 bridgehead atoms. The van der Waals surface area contributed by atoms with Crippen molar-refractivity contribution in [3.05, 3.63) is 0 Å². The van der Waals surface area contributed by atoms with E-state index < -0.39 is 0 Å². The molecular formula is C11H23NO2. The molecule has 0 spiro atoms. The van der Waals surface area contributed by atoms with Crippen molar-refractivity contribution in [1.82, 2.24) is 5.32 Å². The smallest absolute Gasteiger partial charge is 0.0849 e. The Labute approximate surface area is 87.2 Å². The Morgan fingerprint density at radius 2 is 2.00 bits per heavy atom. The Bertz CT molecular complexity index is 148. The van der Waals surface area contributed by atoms with Gasteiger partial charge >= 0.3 is 0 Å². The van der Waals surface area contributed by atoms with Gasteiger partial charge in [0.2, 0.25) is 0 Å². The lowest BCUT2D eigenvalue weighted by molar-refractivity contribution is -0.105. The van der Waals surface area contributed by atoms with Crippen molar-refractivity contribution in [3.8, 4) is 0 Å². The van der Waals surface area contributed by atoms with Crippen LogP contribution in [0.25, 0.3) is 0 Å². The fraction of sp³-hybridized carbons (Fsp3) is 1.00. The minimum absolute atomic E-state index is 0.0251. The zero-order valence-corrected chi connectivity index (χ0v) is 9.64. The van der Waals surface area contributed by atoms with Crippen LogP contribution in [-0.2, 0) is 9.47 Å². The molecule has 1 heterocycles.